The zero-order valence-electron chi connectivity index (χ0n) is 17.2. The number of carbonyl (C=O) groups is 2. The van der Waals surface area contributed by atoms with E-state index in [1.165, 1.54) is 7.11 Å². The van der Waals surface area contributed by atoms with Crippen molar-refractivity contribution in [2.75, 3.05) is 38.2 Å². The smallest absolute Gasteiger partial charge is 0.308 e. The Morgan fingerprint density at radius 1 is 1.21 bits per heavy atom. The van der Waals surface area contributed by atoms with E-state index in [2.05, 4.69) is 17.1 Å². The number of amides is 1. The summed E-state index contributed by atoms with van der Waals surface area (Å²) in [6.07, 6.45) is 3.15. The van der Waals surface area contributed by atoms with Crippen LogP contribution in [-0.2, 0) is 20.9 Å². The summed E-state index contributed by atoms with van der Waals surface area (Å²) in [6.45, 7) is 5.82. The number of anilines is 1. The summed E-state index contributed by atoms with van der Waals surface area (Å²) < 4.78 is 4.86. The first-order chi connectivity index (χ1) is 13.6. The van der Waals surface area contributed by atoms with E-state index in [0.29, 0.717) is 13.0 Å². The van der Waals surface area contributed by atoms with Gasteiger partial charge in [-0.05, 0) is 43.9 Å². The third kappa shape index (κ3) is 6.07. The zero-order chi connectivity index (χ0) is 19.9. The number of nitrogens with one attached hydrogen (secondary N) is 1. The van der Waals surface area contributed by atoms with Gasteiger partial charge in [-0.15, -0.1) is 24.0 Å². The Labute approximate surface area is 189 Å². The van der Waals surface area contributed by atoms with Crippen LogP contribution >= 0.6 is 24.0 Å². The molecule has 0 spiro atoms. The quantitative estimate of drug-likeness (QED) is 0.283. The van der Waals surface area contributed by atoms with Crippen molar-refractivity contribution in [2.24, 2.45) is 10.9 Å². The van der Waals surface area contributed by atoms with Crippen molar-refractivity contribution in [3.05, 3.63) is 29.8 Å². The van der Waals surface area contributed by atoms with E-state index in [0.717, 1.165) is 62.7 Å². The van der Waals surface area contributed by atoms with Crippen molar-refractivity contribution in [3.63, 3.8) is 0 Å². The highest BCUT2D eigenvalue weighted by atomic mass is 127. The lowest BCUT2D eigenvalue weighted by Gasteiger charge is -2.33. The minimum absolute atomic E-state index is 0. The average molecular weight is 514 g/mol. The number of aliphatic imine (C=N–C) groups is 1. The number of methoxy groups -OCH3 is 1. The lowest BCUT2D eigenvalue weighted by Crippen LogP contribution is -2.46. The number of halogens is 1. The molecule has 3 rings (SSSR count). The van der Waals surface area contributed by atoms with Crippen molar-refractivity contribution in [1.82, 2.24) is 10.2 Å². The fraction of sp³-hybridized carbons (Fsp3) is 0.571. The molecular weight excluding hydrogens is 483 g/mol. The standard InChI is InChI=1S/C21H30N4O3.HI/c1-3-22-21(24-13-10-17(11-14-24)20(27)28-2)23-15-16-6-8-18(9-7-16)25-12-4-5-19(25)26;/h6-9,17H,3-5,10-15H2,1-2H3,(H,22,23);1H. The van der Waals surface area contributed by atoms with Gasteiger partial charge < -0.3 is 19.9 Å². The Kier molecular flexibility index (Phi) is 9.19. The van der Waals surface area contributed by atoms with Gasteiger partial charge in [0.05, 0.1) is 19.6 Å². The molecule has 1 N–H and O–H groups in total. The maximum absolute atomic E-state index is 11.9. The fourth-order valence-electron chi connectivity index (χ4n) is 3.79. The first-order valence-corrected chi connectivity index (χ1v) is 10.1. The number of rotatable bonds is 5. The van der Waals surface area contributed by atoms with E-state index < -0.39 is 0 Å². The molecule has 1 amide bonds. The fourth-order valence-corrected chi connectivity index (χ4v) is 3.79. The number of hydrogen-bond donors (Lipinski definition) is 1. The summed E-state index contributed by atoms with van der Waals surface area (Å²) in [4.78, 5) is 32.4. The highest BCUT2D eigenvalue weighted by molar-refractivity contribution is 14.0. The molecule has 160 valence electrons. The Balaban J connectivity index is 0.00000300. The highest BCUT2D eigenvalue weighted by Gasteiger charge is 2.27. The first-order valence-electron chi connectivity index (χ1n) is 10.1. The number of benzene rings is 1. The van der Waals surface area contributed by atoms with Crippen molar-refractivity contribution in [3.8, 4) is 0 Å². The number of esters is 1. The van der Waals surface area contributed by atoms with Gasteiger partial charge in [-0.25, -0.2) is 4.99 Å². The minimum Gasteiger partial charge on any atom is -0.469 e. The Bertz CT molecular complexity index is 715. The Morgan fingerprint density at radius 2 is 1.90 bits per heavy atom. The van der Waals surface area contributed by atoms with Gasteiger partial charge in [-0.2, -0.15) is 0 Å². The van der Waals surface area contributed by atoms with Crippen LogP contribution in [0.1, 0.15) is 38.2 Å². The Morgan fingerprint density at radius 3 is 2.45 bits per heavy atom. The van der Waals surface area contributed by atoms with Gasteiger partial charge in [0.15, 0.2) is 5.96 Å². The van der Waals surface area contributed by atoms with E-state index in [4.69, 9.17) is 9.73 Å². The summed E-state index contributed by atoms with van der Waals surface area (Å²) >= 11 is 0. The number of guanidine groups is 1. The number of nitrogens with zero attached hydrogens (tertiary/aromatic N) is 3. The molecule has 0 aromatic heterocycles. The van der Waals surface area contributed by atoms with Crippen LogP contribution in [0.5, 0.6) is 0 Å². The third-order valence-corrected chi connectivity index (χ3v) is 5.40. The number of carbonyl (C=O) groups excluding carboxylic acids is 2. The molecule has 1 aromatic carbocycles. The van der Waals surface area contributed by atoms with Gasteiger partial charge in [0, 0.05) is 38.3 Å². The van der Waals surface area contributed by atoms with Gasteiger partial charge in [-0.3, -0.25) is 9.59 Å². The molecule has 29 heavy (non-hydrogen) atoms. The lowest BCUT2D eigenvalue weighted by atomic mass is 9.97. The molecule has 0 bridgehead atoms. The van der Waals surface area contributed by atoms with Crippen LogP contribution in [0.3, 0.4) is 0 Å². The monoisotopic (exact) mass is 514 g/mol. The molecule has 2 fully saturated rings. The molecule has 0 unspecified atom stereocenters. The van der Waals surface area contributed by atoms with Crippen molar-refractivity contribution in [1.29, 1.82) is 0 Å². The molecule has 0 radical (unpaired) electrons. The van der Waals surface area contributed by atoms with Gasteiger partial charge in [0.2, 0.25) is 5.91 Å². The second kappa shape index (κ2) is 11.4. The van der Waals surface area contributed by atoms with Crippen LogP contribution < -0.4 is 10.2 Å². The van der Waals surface area contributed by atoms with Gasteiger partial charge in [-0.1, -0.05) is 12.1 Å². The number of hydrogen-bond acceptors (Lipinski definition) is 4. The molecule has 2 aliphatic rings. The SMILES string of the molecule is CCNC(=NCc1ccc(N2CCCC2=O)cc1)N1CCC(C(=O)OC)CC1.I. The lowest BCUT2D eigenvalue weighted by molar-refractivity contribution is -0.146. The van der Waals surface area contributed by atoms with Crippen LogP contribution in [0, 0.1) is 5.92 Å². The summed E-state index contributed by atoms with van der Waals surface area (Å²) in [5.41, 5.74) is 2.07. The predicted octanol–water partition coefficient (Wildman–Crippen LogP) is 2.78. The van der Waals surface area contributed by atoms with Crippen molar-refractivity contribution in [2.45, 2.75) is 39.2 Å². The Hall–Kier alpha value is -1.84. The van der Waals surface area contributed by atoms with E-state index in [-0.39, 0.29) is 41.8 Å². The molecule has 0 atom stereocenters. The maximum Gasteiger partial charge on any atom is 0.308 e. The van der Waals surface area contributed by atoms with E-state index >= 15 is 0 Å². The number of piperidine rings is 1. The number of ether oxygens (including phenoxy) is 1. The van der Waals surface area contributed by atoms with E-state index in [1.54, 1.807) is 0 Å². The molecule has 2 heterocycles. The van der Waals surface area contributed by atoms with Crippen LogP contribution in [0.2, 0.25) is 0 Å². The van der Waals surface area contributed by atoms with Crippen molar-refractivity contribution < 1.29 is 14.3 Å². The molecule has 7 nitrogen and oxygen atoms in total. The zero-order valence-corrected chi connectivity index (χ0v) is 19.6. The third-order valence-electron chi connectivity index (χ3n) is 5.40. The summed E-state index contributed by atoms with van der Waals surface area (Å²) in [6, 6.07) is 8.08. The van der Waals surface area contributed by atoms with E-state index in [9.17, 15) is 9.59 Å². The molecule has 0 saturated carbocycles. The molecule has 1 aromatic rings. The van der Waals surface area contributed by atoms with Crippen LogP contribution in [0.4, 0.5) is 5.69 Å². The maximum atomic E-state index is 11.9. The highest BCUT2D eigenvalue weighted by Crippen LogP contribution is 2.22. The van der Waals surface area contributed by atoms with Crippen molar-refractivity contribution >= 4 is 47.5 Å². The van der Waals surface area contributed by atoms with Crippen LogP contribution in [-0.4, -0.2) is 56.0 Å². The summed E-state index contributed by atoms with van der Waals surface area (Å²) in [5, 5.41) is 3.35. The molecule has 8 heteroatoms. The van der Waals surface area contributed by atoms with E-state index in [1.807, 2.05) is 29.2 Å². The summed E-state index contributed by atoms with van der Waals surface area (Å²) in [5.74, 6) is 0.961. The molecular formula is C21H31IN4O3. The predicted molar refractivity (Wildman–Crippen MR) is 125 cm³/mol. The largest absolute Gasteiger partial charge is 0.469 e. The molecule has 0 aliphatic carbocycles. The average Bonchev–Trinajstić information content (AvgIpc) is 3.17. The first kappa shape index (κ1) is 23.4. The van der Waals surface area contributed by atoms with Gasteiger partial charge >= 0.3 is 5.97 Å². The topological polar surface area (TPSA) is 74.2 Å². The second-order valence-corrected chi connectivity index (χ2v) is 7.27. The van der Waals surface area contributed by atoms with Crippen LogP contribution in [0.15, 0.2) is 29.3 Å². The normalized spacial score (nSPS) is 17.9. The van der Waals surface area contributed by atoms with Crippen LogP contribution in [0.25, 0.3) is 0 Å². The van der Waals surface area contributed by atoms with Gasteiger partial charge in [0.1, 0.15) is 0 Å². The molecule has 2 aliphatic heterocycles. The summed E-state index contributed by atoms with van der Waals surface area (Å²) in [7, 11) is 1.45. The molecule has 2 saturated heterocycles. The second-order valence-electron chi connectivity index (χ2n) is 7.27. The number of likely N-dealkylation sites (tertiary alicyclic amines) is 1. The minimum atomic E-state index is -0.113. The van der Waals surface area contributed by atoms with Gasteiger partial charge in [0.25, 0.3) is 0 Å².